The van der Waals surface area contributed by atoms with Gasteiger partial charge in [-0.05, 0) is 43.7 Å². The van der Waals surface area contributed by atoms with Crippen molar-refractivity contribution in [2.24, 2.45) is 5.92 Å². The van der Waals surface area contributed by atoms with E-state index in [9.17, 15) is 9.59 Å². The van der Waals surface area contributed by atoms with E-state index in [4.69, 9.17) is 4.74 Å². The molecule has 25 heavy (non-hydrogen) atoms. The van der Waals surface area contributed by atoms with Crippen molar-refractivity contribution in [1.29, 1.82) is 0 Å². The molecule has 1 aromatic carbocycles. The largest absolute Gasteiger partial charge is 0.451 e. The van der Waals surface area contributed by atoms with Gasteiger partial charge in [0.25, 0.3) is 5.91 Å². The Bertz CT molecular complexity index is 747. The molecule has 0 spiro atoms. The summed E-state index contributed by atoms with van der Waals surface area (Å²) in [5.74, 6) is 0.110. The summed E-state index contributed by atoms with van der Waals surface area (Å²) in [5, 5.41) is 0.960. The van der Waals surface area contributed by atoms with Gasteiger partial charge in [-0.3, -0.25) is 4.79 Å². The van der Waals surface area contributed by atoms with E-state index in [0.717, 1.165) is 30.3 Å². The number of benzene rings is 1. The van der Waals surface area contributed by atoms with Gasteiger partial charge in [0.2, 0.25) is 0 Å². The molecule has 5 nitrogen and oxygen atoms in total. The average molecular weight is 340 g/mol. The summed E-state index contributed by atoms with van der Waals surface area (Å²) in [4.78, 5) is 29.9. The summed E-state index contributed by atoms with van der Waals surface area (Å²) < 4.78 is 5.29. The Labute approximate surface area is 147 Å². The van der Waals surface area contributed by atoms with Crippen LogP contribution in [0.2, 0.25) is 0 Å². The number of ether oxygens (including phenoxy) is 1. The number of fused-ring (bicyclic) bond motifs is 2. The zero-order valence-corrected chi connectivity index (χ0v) is 14.4. The van der Waals surface area contributed by atoms with Crippen LogP contribution in [0.5, 0.6) is 0 Å². The minimum absolute atomic E-state index is 0.0546. The second-order valence-corrected chi connectivity index (χ2v) is 7.19. The third-order valence-corrected chi connectivity index (χ3v) is 5.64. The summed E-state index contributed by atoms with van der Waals surface area (Å²) in [7, 11) is 0. The molecular formula is C20H24N2O3. The van der Waals surface area contributed by atoms with E-state index in [-0.39, 0.29) is 12.5 Å². The number of rotatable bonds is 3. The first-order chi connectivity index (χ1) is 12.2. The van der Waals surface area contributed by atoms with Gasteiger partial charge in [0.15, 0.2) is 6.61 Å². The van der Waals surface area contributed by atoms with E-state index in [1.54, 1.807) is 6.07 Å². The number of aromatic nitrogens is 1. The lowest BCUT2D eigenvalue weighted by atomic mass is 9.78. The number of piperidine rings is 1. The number of esters is 1. The smallest absolute Gasteiger partial charge is 0.355 e. The van der Waals surface area contributed by atoms with Crippen molar-refractivity contribution in [2.75, 3.05) is 13.2 Å². The zero-order valence-electron chi connectivity index (χ0n) is 14.4. The maximum absolute atomic E-state index is 12.6. The maximum Gasteiger partial charge on any atom is 0.355 e. The van der Waals surface area contributed by atoms with Gasteiger partial charge in [-0.15, -0.1) is 0 Å². The molecule has 2 aromatic rings. The van der Waals surface area contributed by atoms with Crippen LogP contribution < -0.4 is 0 Å². The molecule has 0 radical (unpaired) electrons. The highest BCUT2D eigenvalue weighted by atomic mass is 16.5. The van der Waals surface area contributed by atoms with E-state index in [2.05, 4.69) is 4.98 Å². The number of hydrogen-bond acceptors (Lipinski definition) is 3. The van der Waals surface area contributed by atoms with Gasteiger partial charge in [-0.2, -0.15) is 0 Å². The number of H-pyrrole nitrogens is 1. The van der Waals surface area contributed by atoms with Crippen molar-refractivity contribution in [1.82, 2.24) is 9.88 Å². The number of carbonyl (C=O) groups is 2. The van der Waals surface area contributed by atoms with Gasteiger partial charge in [0, 0.05) is 23.5 Å². The molecule has 2 fully saturated rings. The molecule has 1 saturated heterocycles. The molecule has 2 atom stereocenters. The molecule has 2 heterocycles. The third-order valence-electron chi connectivity index (χ3n) is 5.64. The Hall–Kier alpha value is -2.30. The molecule has 2 aliphatic rings. The van der Waals surface area contributed by atoms with Crippen LogP contribution in [-0.2, 0) is 9.53 Å². The van der Waals surface area contributed by atoms with Crippen molar-refractivity contribution in [3.05, 3.63) is 36.0 Å². The highest BCUT2D eigenvalue weighted by Crippen LogP contribution is 2.35. The number of para-hydroxylation sites is 1. The minimum Gasteiger partial charge on any atom is -0.451 e. The molecule has 1 aliphatic heterocycles. The van der Waals surface area contributed by atoms with Gasteiger partial charge >= 0.3 is 5.97 Å². The fraction of sp³-hybridized carbons (Fsp3) is 0.500. The van der Waals surface area contributed by atoms with Crippen LogP contribution >= 0.6 is 0 Å². The molecule has 1 aliphatic carbocycles. The Balaban J connectivity index is 1.38. The highest BCUT2D eigenvalue weighted by molar-refractivity contribution is 5.95. The molecule has 1 saturated carbocycles. The lowest BCUT2D eigenvalue weighted by Crippen LogP contribution is -2.50. The number of amides is 1. The summed E-state index contributed by atoms with van der Waals surface area (Å²) in [6, 6.07) is 9.79. The van der Waals surface area contributed by atoms with Crippen molar-refractivity contribution in [3.63, 3.8) is 0 Å². The molecule has 0 bridgehead atoms. The monoisotopic (exact) mass is 340 g/mol. The van der Waals surface area contributed by atoms with E-state index >= 15 is 0 Å². The third kappa shape index (κ3) is 3.28. The fourth-order valence-corrected chi connectivity index (χ4v) is 4.41. The fourth-order valence-electron chi connectivity index (χ4n) is 4.41. The molecule has 5 heteroatoms. The normalized spacial score (nSPS) is 23.3. The molecular weight excluding hydrogens is 316 g/mol. The summed E-state index contributed by atoms with van der Waals surface area (Å²) in [6.45, 7) is 0.626. The standard InChI is InChI=1S/C20H24N2O3/c23-19(22-11-5-8-14-6-2-4-10-18(14)22)13-25-20(24)17-12-15-7-1-3-9-16(15)21-17/h1,3,7,9,12,14,18,21H,2,4-6,8,10-11,13H2/t14-,18-/m1/s1. The van der Waals surface area contributed by atoms with E-state index in [0.29, 0.717) is 17.7 Å². The second kappa shape index (κ2) is 6.90. The average Bonchev–Trinajstić information content (AvgIpc) is 3.09. The van der Waals surface area contributed by atoms with Crippen LogP contribution in [0.3, 0.4) is 0 Å². The van der Waals surface area contributed by atoms with Gasteiger partial charge < -0.3 is 14.6 Å². The van der Waals surface area contributed by atoms with Crippen LogP contribution in [0.15, 0.2) is 30.3 Å². The lowest BCUT2D eigenvalue weighted by Gasteiger charge is -2.44. The molecule has 4 rings (SSSR count). The van der Waals surface area contributed by atoms with E-state index in [1.807, 2.05) is 29.2 Å². The molecule has 132 valence electrons. The lowest BCUT2D eigenvalue weighted by molar-refractivity contribution is -0.140. The number of aromatic amines is 1. The second-order valence-electron chi connectivity index (χ2n) is 7.19. The predicted molar refractivity (Wildman–Crippen MR) is 95.3 cm³/mol. The van der Waals surface area contributed by atoms with Gasteiger partial charge in [-0.1, -0.05) is 31.0 Å². The Morgan fingerprint density at radius 1 is 1.12 bits per heavy atom. The van der Waals surface area contributed by atoms with Gasteiger partial charge in [0.05, 0.1) is 0 Å². The first-order valence-electron chi connectivity index (χ1n) is 9.27. The Morgan fingerprint density at radius 2 is 1.92 bits per heavy atom. The van der Waals surface area contributed by atoms with Crippen molar-refractivity contribution in [2.45, 2.75) is 44.6 Å². The predicted octanol–water partition coefficient (Wildman–Crippen LogP) is 3.51. The quantitative estimate of drug-likeness (QED) is 0.870. The minimum atomic E-state index is -0.471. The first kappa shape index (κ1) is 16.2. The SMILES string of the molecule is O=C(OCC(=O)N1CCC[C@H]2CCCC[C@H]21)c1cc2ccccc2[nH]1. The molecule has 1 amide bonds. The van der Waals surface area contributed by atoms with Crippen LogP contribution in [0.4, 0.5) is 0 Å². The van der Waals surface area contributed by atoms with Crippen LogP contribution in [0, 0.1) is 5.92 Å². The topological polar surface area (TPSA) is 62.4 Å². The number of carbonyl (C=O) groups excluding carboxylic acids is 2. The summed E-state index contributed by atoms with van der Waals surface area (Å²) in [5.41, 5.74) is 1.28. The molecule has 1 N–H and O–H groups in total. The molecule has 0 unspecified atom stereocenters. The maximum atomic E-state index is 12.6. The zero-order chi connectivity index (χ0) is 17.2. The Kier molecular flexibility index (Phi) is 4.47. The first-order valence-corrected chi connectivity index (χ1v) is 9.27. The van der Waals surface area contributed by atoms with Crippen molar-refractivity contribution in [3.8, 4) is 0 Å². The van der Waals surface area contributed by atoms with E-state index in [1.165, 1.54) is 25.7 Å². The summed E-state index contributed by atoms with van der Waals surface area (Å²) in [6.07, 6.45) is 7.07. The van der Waals surface area contributed by atoms with Crippen LogP contribution in [0.1, 0.15) is 49.0 Å². The van der Waals surface area contributed by atoms with Gasteiger partial charge in [-0.25, -0.2) is 4.79 Å². The van der Waals surface area contributed by atoms with Gasteiger partial charge in [0.1, 0.15) is 5.69 Å². The van der Waals surface area contributed by atoms with E-state index < -0.39 is 5.97 Å². The number of likely N-dealkylation sites (tertiary alicyclic amines) is 1. The van der Waals surface area contributed by atoms with Crippen LogP contribution in [-0.4, -0.2) is 41.0 Å². The molecule has 1 aromatic heterocycles. The van der Waals surface area contributed by atoms with Crippen molar-refractivity contribution < 1.29 is 14.3 Å². The number of nitrogens with zero attached hydrogens (tertiary/aromatic N) is 1. The Morgan fingerprint density at radius 3 is 2.80 bits per heavy atom. The van der Waals surface area contributed by atoms with Crippen molar-refractivity contribution >= 4 is 22.8 Å². The van der Waals surface area contributed by atoms with Crippen LogP contribution in [0.25, 0.3) is 10.9 Å². The number of hydrogen-bond donors (Lipinski definition) is 1. The summed E-state index contributed by atoms with van der Waals surface area (Å²) >= 11 is 0. The number of nitrogens with one attached hydrogen (secondary N) is 1. The highest BCUT2D eigenvalue weighted by Gasteiger charge is 2.35.